The fourth-order valence-corrected chi connectivity index (χ4v) is 4.51. The first-order valence-electron chi connectivity index (χ1n) is 10.6. The number of hydrogen-bond donors (Lipinski definition) is 1. The van der Waals surface area contributed by atoms with Crippen molar-refractivity contribution in [3.63, 3.8) is 0 Å². The van der Waals surface area contributed by atoms with E-state index in [1.54, 1.807) is 12.1 Å². The SMILES string of the molecule is CC(C)Oc1ccc(NC2=C(c3cccs3)C(=O)N(Cc3ccc4c(c3)OCO4)C2=O)cc1. The molecule has 7 nitrogen and oxygen atoms in total. The number of anilines is 1. The van der Waals surface area contributed by atoms with Crippen molar-refractivity contribution in [3.05, 3.63) is 76.1 Å². The van der Waals surface area contributed by atoms with Crippen molar-refractivity contribution in [2.45, 2.75) is 26.5 Å². The van der Waals surface area contributed by atoms with Gasteiger partial charge in [-0.3, -0.25) is 14.5 Å². The number of hydrogen-bond acceptors (Lipinski definition) is 7. The Bertz CT molecular complexity index is 1230. The zero-order chi connectivity index (χ0) is 22.9. The van der Waals surface area contributed by atoms with Crippen LogP contribution in [0.5, 0.6) is 17.2 Å². The molecule has 3 aromatic rings. The van der Waals surface area contributed by atoms with Gasteiger partial charge in [0.05, 0.1) is 18.2 Å². The number of amides is 2. The molecule has 3 heterocycles. The van der Waals surface area contributed by atoms with Crippen LogP contribution in [0, 0.1) is 0 Å². The minimum Gasteiger partial charge on any atom is -0.491 e. The maximum absolute atomic E-state index is 13.4. The Labute approximate surface area is 195 Å². The molecular weight excluding hydrogens is 440 g/mol. The van der Waals surface area contributed by atoms with Crippen LogP contribution in [0.15, 0.2) is 65.7 Å². The number of nitrogens with zero attached hydrogens (tertiary/aromatic N) is 1. The summed E-state index contributed by atoms with van der Waals surface area (Å²) in [5.74, 6) is 1.30. The average Bonchev–Trinajstić information content (AvgIpc) is 3.52. The van der Waals surface area contributed by atoms with Gasteiger partial charge in [0.1, 0.15) is 11.4 Å². The van der Waals surface area contributed by atoms with E-state index in [0.717, 1.165) is 16.2 Å². The van der Waals surface area contributed by atoms with E-state index in [1.807, 2.05) is 61.7 Å². The lowest BCUT2D eigenvalue weighted by atomic mass is 10.1. The molecule has 0 radical (unpaired) electrons. The van der Waals surface area contributed by atoms with Gasteiger partial charge in [0.25, 0.3) is 11.8 Å². The van der Waals surface area contributed by atoms with E-state index < -0.39 is 0 Å². The van der Waals surface area contributed by atoms with E-state index in [4.69, 9.17) is 14.2 Å². The Kier molecular flexibility index (Phi) is 5.51. The average molecular weight is 463 g/mol. The van der Waals surface area contributed by atoms with Crippen LogP contribution in [-0.2, 0) is 16.1 Å². The topological polar surface area (TPSA) is 77.1 Å². The Hall–Kier alpha value is -3.78. The normalized spacial score (nSPS) is 15.1. The lowest BCUT2D eigenvalue weighted by molar-refractivity contribution is -0.137. The molecule has 168 valence electrons. The molecule has 2 amide bonds. The van der Waals surface area contributed by atoms with Crippen molar-refractivity contribution in [2.24, 2.45) is 0 Å². The van der Waals surface area contributed by atoms with Gasteiger partial charge in [-0.1, -0.05) is 12.1 Å². The maximum Gasteiger partial charge on any atom is 0.278 e. The predicted octanol–water partition coefficient (Wildman–Crippen LogP) is 4.66. The Morgan fingerprint density at radius 1 is 1.03 bits per heavy atom. The summed E-state index contributed by atoms with van der Waals surface area (Å²) in [5.41, 5.74) is 2.11. The molecule has 0 fully saturated rings. The first-order chi connectivity index (χ1) is 16.0. The van der Waals surface area contributed by atoms with Crippen LogP contribution >= 0.6 is 11.3 Å². The Morgan fingerprint density at radius 3 is 2.55 bits per heavy atom. The minimum atomic E-state index is -0.372. The van der Waals surface area contributed by atoms with E-state index in [2.05, 4.69) is 5.32 Å². The smallest absolute Gasteiger partial charge is 0.278 e. The molecule has 0 spiro atoms. The highest BCUT2D eigenvalue weighted by molar-refractivity contribution is 7.11. The molecule has 2 aliphatic heterocycles. The van der Waals surface area contributed by atoms with Gasteiger partial charge < -0.3 is 19.5 Å². The third-order valence-corrected chi connectivity index (χ3v) is 6.10. The quantitative estimate of drug-likeness (QED) is 0.515. The summed E-state index contributed by atoms with van der Waals surface area (Å²) in [4.78, 5) is 28.7. The molecule has 33 heavy (non-hydrogen) atoms. The summed E-state index contributed by atoms with van der Waals surface area (Å²) in [6.07, 6.45) is 0.0655. The second-order valence-corrected chi connectivity index (χ2v) is 8.88. The molecule has 2 aliphatic rings. The van der Waals surface area contributed by atoms with Gasteiger partial charge in [0.15, 0.2) is 11.5 Å². The molecule has 0 atom stereocenters. The third kappa shape index (κ3) is 4.17. The zero-order valence-electron chi connectivity index (χ0n) is 18.2. The third-order valence-electron chi connectivity index (χ3n) is 5.21. The van der Waals surface area contributed by atoms with Crippen molar-refractivity contribution in [1.82, 2.24) is 4.90 Å². The molecule has 0 saturated carbocycles. The van der Waals surface area contributed by atoms with Gasteiger partial charge in [-0.25, -0.2) is 0 Å². The molecule has 8 heteroatoms. The lowest BCUT2D eigenvalue weighted by Gasteiger charge is -2.16. The molecule has 0 saturated heterocycles. The van der Waals surface area contributed by atoms with Crippen LogP contribution in [0.3, 0.4) is 0 Å². The number of carbonyl (C=O) groups excluding carboxylic acids is 2. The summed E-state index contributed by atoms with van der Waals surface area (Å²) < 4.78 is 16.5. The standard InChI is InChI=1S/C25H22N2O5S/c1-15(2)32-18-8-6-17(7-9-18)26-23-22(21-4-3-11-33-21)24(28)27(25(23)29)13-16-5-10-19-20(12-16)31-14-30-19/h3-12,15,26H,13-14H2,1-2H3. The highest BCUT2D eigenvalue weighted by Gasteiger charge is 2.39. The molecule has 0 unspecified atom stereocenters. The number of carbonyl (C=O) groups is 2. The van der Waals surface area contributed by atoms with E-state index in [1.165, 1.54) is 16.2 Å². The highest BCUT2D eigenvalue weighted by atomic mass is 32.1. The monoisotopic (exact) mass is 462 g/mol. The van der Waals surface area contributed by atoms with Crippen LogP contribution in [0.2, 0.25) is 0 Å². The maximum atomic E-state index is 13.4. The number of nitrogens with one attached hydrogen (secondary N) is 1. The number of ether oxygens (including phenoxy) is 3. The van der Waals surface area contributed by atoms with Gasteiger partial charge in [-0.2, -0.15) is 0 Å². The summed E-state index contributed by atoms with van der Waals surface area (Å²) in [7, 11) is 0. The zero-order valence-corrected chi connectivity index (χ0v) is 19.0. The van der Waals surface area contributed by atoms with Gasteiger partial charge in [-0.05, 0) is 67.3 Å². The van der Waals surface area contributed by atoms with Gasteiger partial charge >= 0.3 is 0 Å². The largest absolute Gasteiger partial charge is 0.491 e. The highest BCUT2D eigenvalue weighted by Crippen LogP contribution is 2.36. The van der Waals surface area contributed by atoms with Gasteiger partial charge in [-0.15, -0.1) is 11.3 Å². The molecule has 1 aromatic heterocycles. The number of thiophene rings is 1. The lowest BCUT2D eigenvalue weighted by Crippen LogP contribution is -2.31. The van der Waals surface area contributed by atoms with E-state index >= 15 is 0 Å². The van der Waals surface area contributed by atoms with Gasteiger partial charge in [0, 0.05) is 10.6 Å². The van der Waals surface area contributed by atoms with Crippen LogP contribution < -0.4 is 19.5 Å². The first kappa shape index (κ1) is 21.1. The molecule has 0 bridgehead atoms. The van der Waals surface area contributed by atoms with Crippen LogP contribution in [0.4, 0.5) is 5.69 Å². The summed E-state index contributed by atoms with van der Waals surface area (Å²) in [5, 5.41) is 5.06. The van der Waals surface area contributed by atoms with Crippen LogP contribution in [0.1, 0.15) is 24.3 Å². The summed E-state index contributed by atoms with van der Waals surface area (Å²) >= 11 is 1.42. The summed E-state index contributed by atoms with van der Waals surface area (Å²) in [6.45, 7) is 4.22. The fourth-order valence-electron chi connectivity index (χ4n) is 3.74. The van der Waals surface area contributed by atoms with Crippen LogP contribution in [-0.4, -0.2) is 29.6 Å². The number of imide groups is 1. The first-order valence-corrected chi connectivity index (χ1v) is 11.4. The Balaban J connectivity index is 1.43. The molecule has 1 N–H and O–H groups in total. The summed E-state index contributed by atoms with van der Waals surface area (Å²) in [6, 6.07) is 16.4. The van der Waals surface area contributed by atoms with Crippen molar-refractivity contribution in [1.29, 1.82) is 0 Å². The molecule has 5 rings (SSSR count). The second kappa shape index (κ2) is 8.63. The van der Waals surface area contributed by atoms with Crippen molar-refractivity contribution >= 4 is 34.4 Å². The van der Waals surface area contributed by atoms with Gasteiger partial charge in [0.2, 0.25) is 6.79 Å². The predicted molar refractivity (Wildman–Crippen MR) is 125 cm³/mol. The van der Waals surface area contributed by atoms with E-state index in [9.17, 15) is 9.59 Å². The molecular formula is C25H22N2O5S. The van der Waals surface area contributed by atoms with Crippen molar-refractivity contribution in [2.75, 3.05) is 12.1 Å². The minimum absolute atomic E-state index is 0.0655. The Morgan fingerprint density at radius 2 is 1.82 bits per heavy atom. The number of benzene rings is 2. The second-order valence-electron chi connectivity index (χ2n) is 7.93. The molecule has 2 aromatic carbocycles. The van der Waals surface area contributed by atoms with Crippen molar-refractivity contribution in [3.8, 4) is 17.2 Å². The van der Waals surface area contributed by atoms with Crippen molar-refractivity contribution < 1.29 is 23.8 Å². The fraction of sp³-hybridized carbons (Fsp3) is 0.200. The number of rotatable bonds is 7. The van der Waals surface area contributed by atoms with Crippen LogP contribution in [0.25, 0.3) is 5.57 Å². The number of fused-ring (bicyclic) bond motifs is 1. The van der Waals surface area contributed by atoms with E-state index in [0.29, 0.717) is 22.8 Å². The van der Waals surface area contributed by atoms with E-state index in [-0.39, 0.29) is 37.0 Å². The molecule has 0 aliphatic carbocycles.